The molecule has 1 nitrogen and oxygen atoms in total. The largest absolute Gasteiger partial charge is 0.469 e. The van der Waals surface area contributed by atoms with Gasteiger partial charge in [0.15, 0.2) is 0 Å². The SMILES string of the molecule is CCc1cc(CF)co1. The third-order valence-corrected chi connectivity index (χ3v) is 1.21. The summed E-state index contributed by atoms with van der Waals surface area (Å²) in [6.07, 6.45) is 2.29. The van der Waals surface area contributed by atoms with Crippen molar-refractivity contribution >= 4 is 0 Å². The van der Waals surface area contributed by atoms with Crippen LogP contribution in [0.2, 0.25) is 0 Å². The molecule has 0 radical (unpaired) electrons. The number of aryl methyl sites for hydroxylation is 1. The smallest absolute Gasteiger partial charge is 0.118 e. The number of hydrogen-bond acceptors (Lipinski definition) is 1. The van der Waals surface area contributed by atoms with Crippen LogP contribution in [0.3, 0.4) is 0 Å². The zero-order chi connectivity index (χ0) is 6.69. The van der Waals surface area contributed by atoms with Gasteiger partial charge >= 0.3 is 0 Å². The maximum absolute atomic E-state index is 11.8. The first-order valence-electron chi connectivity index (χ1n) is 2.99. The highest BCUT2D eigenvalue weighted by Crippen LogP contribution is 2.08. The predicted octanol–water partition coefficient (Wildman–Crippen LogP) is 2.31. The molecule has 0 aliphatic carbocycles. The molecule has 0 saturated carbocycles. The summed E-state index contributed by atoms with van der Waals surface area (Å²) >= 11 is 0. The summed E-state index contributed by atoms with van der Waals surface area (Å²) in [5.41, 5.74) is 0.631. The third kappa shape index (κ3) is 1.31. The molecule has 0 unspecified atom stereocenters. The zero-order valence-electron chi connectivity index (χ0n) is 5.36. The Kier molecular flexibility index (Phi) is 1.88. The van der Waals surface area contributed by atoms with Gasteiger partial charge < -0.3 is 4.42 Å². The number of halogens is 1. The van der Waals surface area contributed by atoms with E-state index in [9.17, 15) is 4.39 Å². The van der Waals surface area contributed by atoms with Gasteiger partial charge in [0.1, 0.15) is 12.4 Å². The second-order valence-corrected chi connectivity index (χ2v) is 1.91. The predicted molar refractivity (Wildman–Crippen MR) is 32.9 cm³/mol. The summed E-state index contributed by atoms with van der Waals surface area (Å²) in [5.74, 6) is 0.850. The maximum Gasteiger partial charge on any atom is 0.118 e. The Morgan fingerprint density at radius 2 is 2.44 bits per heavy atom. The molecular formula is C7H9FO. The monoisotopic (exact) mass is 128 g/mol. The van der Waals surface area contributed by atoms with E-state index in [1.807, 2.05) is 6.92 Å². The summed E-state index contributed by atoms with van der Waals surface area (Å²) in [7, 11) is 0. The molecule has 9 heavy (non-hydrogen) atoms. The van der Waals surface area contributed by atoms with Crippen molar-refractivity contribution in [2.45, 2.75) is 20.0 Å². The first kappa shape index (κ1) is 6.33. The molecule has 0 spiro atoms. The van der Waals surface area contributed by atoms with Gasteiger partial charge in [-0.3, -0.25) is 0 Å². The second kappa shape index (κ2) is 2.67. The van der Waals surface area contributed by atoms with Gasteiger partial charge in [-0.15, -0.1) is 0 Å². The summed E-state index contributed by atoms with van der Waals surface area (Å²) in [6.45, 7) is 1.55. The number of furan rings is 1. The van der Waals surface area contributed by atoms with Crippen molar-refractivity contribution in [1.29, 1.82) is 0 Å². The van der Waals surface area contributed by atoms with E-state index in [0.29, 0.717) is 5.56 Å². The molecule has 2 heteroatoms. The Morgan fingerprint density at radius 1 is 1.67 bits per heavy atom. The number of alkyl halides is 1. The van der Waals surface area contributed by atoms with Crippen LogP contribution in [0.1, 0.15) is 18.2 Å². The zero-order valence-corrected chi connectivity index (χ0v) is 5.36. The Hall–Kier alpha value is -0.790. The number of hydrogen-bond donors (Lipinski definition) is 0. The highest BCUT2D eigenvalue weighted by atomic mass is 19.1. The fourth-order valence-electron chi connectivity index (χ4n) is 0.682. The first-order valence-corrected chi connectivity index (χ1v) is 2.99. The summed E-state index contributed by atoms with van der Waals surface area (Å²) in [6, 6.07) is 1.74. The average Bonchev–Trinajstić information content (AvgIpc) is 2.34. The molecule has 0 aromatic carbocycles. The minimum absolute atomic E-state index is 0.427. The average molecular weight is 128 g/mol. The summed E-state index contributed by atoms with van der Waals surface area (Å²) in [4.78, 5) is 0. The van der Waals surface area contributed by atoms with Crippen LogP contribution in [0.4, 0.5) is 4.39 Å². The Bertz CT molecular complexity index is 162. The van der Waals surface area contributed by atoms with Crippen LogP contribution in [-0.4, -0.2) is 0 Å². The number of rotatable bonds is 2. The quantitative estimate of drug-likeness (QED) is 0.595. The lowest BCUT2D eigenvalue weighted by Crippen LogP contribution is -1.70. The van der Waals surface area contributed by atoms with Gasteiger partial charge in [0.2, 0.25) is 0 Å². The molecule has 0 fully saturated rings. The minimum atomic E-state index is -0.427. The standard InChI is InChI=1S/C7H9FO/c1-2-7-3-6(4-8)5-9-7/h3,5H,2,4H2,1H3. The van der Waals surface area contributed by atoms with Crippen molar-refractivity contribution in [1.82, 2.24) is 0 Å². The molecule has 1 aromatic heterocycles. The molecule has 1 rings (SSSR count). The Labute approximate surface area is 53.5 Å². The van der Waals surface area contributed by atoms with Crippen LogP contribution in [0.15, 0.2) is 16.7 Å². The van der Waals surface area contributed by atoms with E-state index in [0.717, 1.165) is 12.2 Å². The van der Waals surface area contributed by atoms with Crippen molar-refractivity contribution in [3.63, 3.8) is 0 Å². The maximum atomic E-state index is 11.8. The Morgan fingerprint density at radius 3 is 2.78 bits per heavy atom. The molecule has 1 aromatic rings. The molecule has 0 aliphatic heterocycles. The van der Waals surface area contributed by atoms with Crippen LogP contribution < -0.4 is 0 Å². The topological polar surface area (TPSA) is 13.1 Å². The Balaban J connectivity index is 2.74. The van der Waals surface area contributed by atoms with E-state index in [2.05, 4.69) is 0 Å². The normalized spacial score (nSPS) is 10.0. The molecule has 0 amide bonds. The van der Waals surface area contributed by atoms with Crippen LogP contribution >= 0.6 is 0 Å². The molecule has 50 valence electrons. The summed E-state index contributed by atoms with van der Waals surface area (Å²) < 4.78 is 16.8. The van der Waals surface area contributed by atoms with Crippen molar-refractivity contribution in [2.75, 3.05) is 0 Å². The highest BCUT2D eigenvalue weighted by molar-refractivity contribution is 5.11. The molecule has 0 aliphatic rings. The van der Waals surface area contributed by atoms with Crippen LogP contribution in [0.25, 0.3) is 0 Å². The van der Waals surface area contributed by atoms with E-state index < -0.39 is 6.67 Å². The molecule has 0 N–H and O–H groups in total. The van der Waals surface area contributed by atoms with Gasteiger partial charge in [-0.05, 0) is 6.07 Å². The van der Waals surface area contributed by atoms with Crippen molar-refractivity contribution in [3.8, 4) is 0 Å². The lowest BCUT2D eigenvalue weighted by Gasteiger charge is -1.80. The van der Waals surface area contributed by atoms with Gasteiger partial charge in [0.25, 0.3) is 0 Å². The van der Waals surface area contributed by atoms with E-state index in [-0.39, 0.29) is 0 Å². The molecule has 0 bridgehead atoms. The highest BCUT2D eigenvalue weighted by Gasteiger charge is 1.96. The fraction of sp³-hybridized carbons (Fsp3) is 0.429. The van der Waals surface area contributed by atoms with Crippen LogP contribution in [0.5, 0.6) is 0 Å². The van der Waals surface area contributed by atoms with Gasteiger partial charge in [-0.2, -0.15) is 0 Å². The van der Waals surface area contributed by atoms with E-state index in [1.54, 1.807) is 6.07 Å². The van der Waals surface area contributed by atoms with Gasteiger partial charge in [-0.1, -0.05) is 6.92 Å². The molecule has 0 saturated heterocycles. The van der Waals surface area contributed by atoms with E-state index >= 15 is 0 Å². The third-order valence-electron chi connectivity index (χ3n) is 1.21. The van der Waals surface area contributed by atoms with Gasteiger partial charge in [0, 0.05) is 12.0 Å². The van der Waals surface area contributed by atoms with Crippen molar-refractivity contribution < 1.29 is 8.81 Å². The molecule has 0 atom stereocenters. The minimum Gasteiger partial charge on any atom is -0.469 e. The van der Waals surface area contributed by atoms with Gasteiger partial charge in [-0.25, -0.2) is 4.39 Å². The molecular weight excluding hydrogens is 119 g/mol. The lowest BCUT2D eigenvalue weighted by atomic mass is 10.3. The van der Waals surface area contributed by atoms with Crippen LogP contribution in [0, 0.1) is 0 Å². The summed E-state index contributed by atoms with van der Waals surface area (Å²) in [5, 5.41) is 0. The van der Waals surface area contributed by atoms with E-state index in [1.165, 1.54) is 6.26 Å². The van der Waals surface area contributed by atoms with Crippen LogP contribution in [-0.2, 0) is 13.1 Å². The molecule has 1 heterocycles. The van der Waals surface area contributed by atoms with Crippen molar-refractivity contribution in [3.05, 3.63) is 23.7 Å². The fourth-order valence-corrected chi connectivity index (χ4v) is 0.682. The van der Waals surface area contributed by atoms with Crippen molar-refractivity contribution in [2.24, 2.45) is 0 Å². The van der Waals surface area contributed by atoms with Gasteiger partial charge in [0.05, 0.1) is 6.26 Å². The first-order chi connectivity index (χ1) is 4.36. The van der Waals surface area contributed by atoms with E-state index in [4.69, 9.17) is 4.42 Å². The lowest BCUT2D eigenvalue weighted by molar-refractivity contribution is 0.472. The second-order valence-electron chi connectivity index (χ2n) is 1.91.